The summed E-state index contributed by atoms with van der Waals surface area (Å²) >= 11 is 5.23. The van der Waals surface area contributed by atoms with Crippen LogP contribution in [0.5, 0.6) is 5.75 Å². The van der Waals surface area contributed by atoms with Gasteiger partial charge in [-0.05, 0) is 43.5 Å². The molecule has 0 bridgehead atoms. The van der Waals surface area contributed by atoms with Gasteiger partial charge in [-0.15, -0.1) is 0 Å². The minimum absolute atomic E-state index is 0.507. The quantitative estimate of drug-likeness (QED) is 0.791. The van der Waals surface area contributed by atoms with Gasteiger partial charge >= 0.3 is 0 Å². The molecule has 98 valence electrons. The molecule has 2 rings (SSSR count). The molecule has 1 heterocycles. The fourth-order valence-corrected chi connectivity index (χ4v) is 2.29. The SMILES string of the molecule is CCOc1ccc2c(c1)CCCN2C(=O)C(F)Cl. The minimum Gasteiger partial charge on any atom is -0.494 e. The number of alkyl halides is 2. The highest BCUT2D eigenvalue weighted by Crippen LogP contribution is 2.31. The van der Waals surface area contributed by atoms with E-state index in [2.05, 4.69) is 0 Å². The first kappa shape index (κ1) is 13.1. The molecular weight excluding hydrogens is 257 g/mol. The number of carbonyl (C=O) groups excluding carboxylic acids is 1. The molecule has 1 amide bonds. The first-order valence-electron chi connectivity index (χ1n) is 5.98. The molecular formula is C13H15ClFNO2. The van der Waals surface area contributed by atoms with Crippen molar-refractivity contribution in [2.45, 2.75) is 25.4 Å². The van der Waals surface area contributed by atoms with E-state index in [1.807, 2.05) is 13.0 Å². The van der Waals surface area contributed by atoms with Gasteiger partial charge in [0, 0.05) is 12.2 Å². The summed E-state index contributed by atoms with van der Waals surface area (Å²) in [6.07, 6.45) is 1.66. The van der Waals surface area contributed by atoms with Gasteiger partial charge in [-0.3, -0.25) is 4.79 Å². The highest BCUT2D eigenvalue weighted by Gasteiger charge is 2.27. The van der Waals surface area contributed by atoms with Crippen LogP contribution in [0.15, 0.2) is 18.2 Å². The number of rotatable bonds is 3. The van der Waals surface area contributed by atoms with Crippen molar-refractivity contribution in [1.82, 2.24) is 0 Å². The van der Waals surface area contributed by atoms with E-state index in [4.69, 9.17) is 16.3 Å². The Hall–Kier alpha value is -1.29. The lowest BCUT2D eigenvalue weighted by atomic mass is 10.0. The number of ether oxygens (including phenoxy) is 1. The van der Waals surface area contributed by atoms with Gasteiger partial charge in [0.2, 0.25) is 0 Å². The molecule has 0 saturated carbocycles. The maximum Gasteiger partial charge on any atom is 0.277 e. The van der Waals surface area contributed by atoms with Gasteiger partial charge in [0.05, 0.1) is 6.61 Å². The average Bonchev–Trinajstić information content (AvgIpc) is 2.37. The van der Waals surface area contributed by atoms with E-state index < -0.39 is 11.5 Å². The zero-order valence-corrected chi connectivity index (χ0v) is 10.9. The second-order valence-corrected chi connectivity index (χ2v) is 4.50. The van der Waals surface area contributed by atoms with Gasteiger partial charge in [-0.1, -0.05) is 11.6 Å². The summed E-state index contributed by atoms with van der Waals surface area (Å²) in [5.74, 6) is 0.0787. The van der Waals surface area contributed by atoms with E-state index in [1.54, 1.807) is 12.1 Å². The van der Waals surface area contributed by atoms with Crippen LogP contribution in [0, 0.1) is 0 Å². The maximum absolute atomic E-state index is 12.9. The topological polar surface area (TPSA) is 29.5 Å². The van der Waals surface area contributed by atoms with Gasteiger partial charge < -0.3 is 9.64 Å². The number of hydrogen-bond donors (Lipinski definition) is 0. The van der Waals surface area contributed by atoms with Gasteiger partial charge in [-0.2, -0.15) is 0 Å². The molecule has 1 aromatic carbocycles. The van der Waals surface area contributed by atoms with E-state index in [0.717, 1.165) is 29.8 Å². The summed E-state index contributed by atoms with van der Waals surface area (Å²) in [7, 11) is 0. The Balaban J connectivity index is 2.30. The standard InChI is InChI=1S/C13H15ClFNO2/c1-2-18-10-5-6-11-9(8-10)4-3-7-16(11)13(17)12(14)15/h5-6,8,12H,2-4,7H2,1H3. The molecule has 0 aliphatic carbocycles. The summed E-state index contributed by atoms with van der Waals surface area (Å²) in [5.41, 5.74) is -0.251. The normalized spacial score (nSPS) is 16.1. The van der Waals surface area contributed by atoms with Crippen molar-refractivity contribution >= 4 is 23.2 Å². The Labute approximate surface area is 110 Å². The number of carbonyl (C=O) groups is 1. The van der Waals surface area contributed by atoms with Crippen LogP contribution in [0.1, 0.15) is 18.9 Å². The van der Waals surface area contributed by atoms with Crippen molar-refractivity contribution < 1.29 is 13.9 Å². The molecule has 1 aromatic rings. The number of fused-ring (bicyclic) bond motifs is 1. The summed E-state index contributed by atoms with van der Waals surface area (Å²) < 4.78 is 18.3. The maximum atomic E-state index is 12.9. The molecule has 0 aromatic heterocycles. The Morgan fingerprint density at radius 1 is 1.61 bits per heavy atom. The predicted octanol–water partition coefficient (Wildman–Crippen LogP) is 2.90. The first-order valence-corrected chi connectivity index (χ1v) is 6.42. The highest BCUT2D eigenvalue weighted by atomic mass is 35.5. The number of aryl methyl sites for hydroxylation is 1. The van der Waals surface area contributed by atoms with Crippen LogP contribution in [0.3, 0.4) is 0 Å². The van der Waals surface area contributed by atoms with Crippen molar-refractivity contribution in [1.29, 1.82) is 0 Å². The first-order chi connectivity index (χ1) is 8.63. The lowest BCUT2D eigenvalue weighted by Crippen LogP contribution is -2.38. The Bertz CT molecular complexity index is 451. The number of hydrogen-bond acceptors (Lipinski definition) is 2. The molecule has 0 saturated heterocycles. The fraction of sp³-hybridized carbons (Fsp3) is 0.462. The van der Waals surface area contributed by atoms with Crippen molar-refractivity contribution in [2.24, 2.45) is 0 Å². The predicted molar refractivity (Wildman–Crippen MR) is 69.0 cm³/mol. The molecule has 0 fully saturated rings. The lowest BCUT2D eigenvalue weighted by molar-refractivity contribution is -0.120. The Morgan fingerprint density at radius 2 is 2.39 bits per heavy atom. The zero-order valence-electron chi connectivity index (χ0n) is 10.2. The average molecular weight is 272 g/mol. The third-order valence-electron chi connectivity index (χ3n) is 2.93. The van der Waals surface area contributed by atoms with Crippen LogP contribution >= 0.6 is 11.6 Å². The molecule has 5 heteroatoms. The van der Waals surface area contributed by atoms with Gasteiger partial charge in [0.1, 0.15) is 5.75 Å². The third-order valence-corrected chi connectivity index (χ3v) is 3.12. The van der Waals surface area contributed by atoms with E-state index in [0.29, 0.717) is 13.2 Å². The summed E-state index contributed by atoms with van der Waals surface area (Å²) in [6, 6.07) is 5.48. The Kier molecular flexibility index (Phi) is 4.07. The second kappa shape index (κ2) is 5.57. The molecule has 3 nitrogen and oxygen atoms in total. The van der Waals surface area contributed by atoms with Crippen molar-refractivity contribution in [2.75, 3.05) is 18.1 Å². The van der Waals surface area contributed by atoms with Crippen molar-refractivity contribution in [3.8, 4) is 5.75 Å². The molecule has 18 heavy (non-hydrogen) atoms. The lowest BCUT2D eigenvalue weighted by Gasteiger charge is -2.29. The highest BCUT2D eigenvalue weighted by molar-refractivity contribution is 6.31. The summed E-state index contributed by atoms with van der Waals surface area (Å²) in [5, 5.41) is 0. The molecule has 1 unspecified atom stereocenters. The molecule has 1 aliphatic rings. The molecule has 0 N–H and O–H groups in total. The summed E-state index contributed by atoms with van der Waals surface area (Å²) in [4.78, 5) is 13.1. The smallest absolute Gasteiger partial charge is 0.277 e. The van der Waals surface area contributed by atoms with Crippen molar-refractivity contribution in [3.05, 3.63) is 23.8 Å². The second-order valence-electron chi connectivity index (χ2n) is 4.12. The van der Waals surface area contributed by atoms with Gasteiger partial charge in [0.25, 0.3) is 11.5 Å². The number of benzene rings is 1. The molecule has 0 radical (unpaired) electrons. The van der Waals surface area contributed by atoms with E-state index in [1.165, 1.54) is 4.90 Å². The van der Waals surface area contributed by atoms with Crippen LogP contribution in [-0.4, -0.2) is 24.7 Å². The van der Waals surface area contributed by atoms with E-state index in [-0.39, 0.29) is 0 Å². The molecule has 1 atom stereocenters. The molecule has 0 spiro atoms. The largest absolute Gasteiger partial charge is 0.494 e. The number of nitrogens with zero attached hydrogens (tertiary/aromatic N) is 1. The number of amides is 1. The monoisotopic (exact) mass is 271 g/mol. The van der Waals surface area contributed by atoms with Gasteiger partial charge in [-0.25, -0.2) is 4.39 Å². The summed E-state index contributed by atoms with van der Waals surface area (Å²) in [6.45, 7) is 3.01. The van der Waals surface area contributed by atoms with E-state index in [9.17, 15) is 9.18 Å². The Morgan fingerprint density at radius 3 is 3.06 bits per heavy atom. The van der Waals surface area contributed by atoms with E-state index >= 15 is 0 Å². The number of anilines is 1. The van der Waals surface area contributed by atoms with Crippen LogP contribution < -0.4 is 9.64 Å². The zero-order chi connectivity index (χ0) is 13.1. The third kappa shape index (κ3) is 2.58. The van der Waals surface area contributed by atoms with Crippen LogP contribution in [0.2, 0.25) is 0 Å². The van der Waals surface area contributed by atoms with Gasteiger partial charge in [0.15, 0.2) is 0 Å². The molecule has 1 aliphatic heterocycles. The number of halogens is 2. The van der Waals surface area contributed by atoms with Crippen molar-refractivity contribution in [3.63, 3.8) is 0 Å². The van der Waals surface area contributed by atoms with Crippen LogP contribution in [0.25, 0.3) is 0 Å². The minimum atomic E-state index is -1.98. The van der Waals surface area contributed by atoms with Crippen LogP contribution in [-0.2, 0) is 11.2 Å². The van der Waals surface area contributed by atoms with Crippen LogP contribution in [0.4, 0.5) is 10.1 Å². The fourth-order valence-electron chi connectivity index (χ4n) is 2.18.